The van der Waals surface area contributed by atoms with Crippen molar-refractivity contribution < 1.29 is 13.5 Å². The Bertz CT molecular complexity index is 685. The molecule has 0 N–H and O–H groups in total. The zero-order valence-corrected chi connectivity index (χ0v) is 12.3. The summed E-state index contributed by atoms with van der Waals surface area (Å²) >= 11 is 11.3. The summed E-state index contributed by atoms with van der Waals surface area (Å²) in [5, 5.41) is 0.258. The molecule has 0 saturated carbocycles. The van der Waals surface area contributed by atoms with Crippen molar-refractivity contribution in [1.29, 1.82) is 0 Å². The highest BCUT2D eigenvalue weighted by atomic mass is 35.5. The fourth-order valence-corrected chi connectivity index (χ4v) is 1.96. The lowest BCUT2D eigenvalue weighted by Gasteiger charge is -2.09. The highest BCUT2D eigenvalue weighted by molar-refractivity contribution is 6.31. The Balaban J connectivity index is 2.18. The summed E-state index contributed by atoms with van der Waals surface area (Å²) in [6.07, 6.45) is 0. The molecule has 0 unspecified atom stereocenters. The van der Waals surface area contributed by atoms with Crippen molar-refractivity contribution in [2.75, 3.05) is 5.88 Å². The Hall–Kier alpha value is -1.76. The van der Waals surface area contributed by atoms with Gasteiger partial charge in [-0.25, -0.2) is 8.78 Å². The summed E-state index contributed by atoms with van der Waals surface area (Å²) in [7, 11) is 0. The van der Waals surface area contributed by atoms with E-state index < -0.39 is 11.6 Å². The van der Waals surface area contributed by atoms with Crippen LogP contribution in [0.4, 0.5) is 8.78 Å². The summed E-state index contributed by atoms with van der Waals surface area (Å²) in [5.41, 5.74) is 0.655. The average molecular weight is 327 g/mol. The van der Waals surface area contributed by atoms with E-state index in [1.54, 1.807) is 12.1 Å². The van der Waals surface area contributed by atoms with E-state index in [-0.39, 0.29) is 28.8 Å². The highest BCUT2D eigenvalue weighted by Crippen LogP contribution is 2.22. The van der Waals surface area contributed by atoms with Crippen LogP contribution in [0.2, 0.25) is 5.02 Å². The van der Waals surface area contributed by atoms with E-state index in [0.29, 0.717) is 5.56 Å². The molecule has 2 aromatic carbocycles. The fraction of sp³-hybridized carbons (Fsp3) is 0.125. The van der Waals surface area contributed by atoms with E-state index in [1.807, 2.05) is 0 Å². The molecule has 5 heteroatoms. The first-order valence-corrected chi connectivity index (χ1v) is 6.92. The lowest BCUT2D eigenvalue weighted by molar-refractivity contribution is 0.298. The minimum absolute atomic E-state index is 0.0999. The quantitative estimate of drug-likeness (QED) is 0.582. The highest BCUT2D eigenvalue weighted by Gasteiger charge is 2.08. The molecule has 0 aliphatic heterocycles. The van der Waals surface area contributed by atoms with Gasteiger partial charge in [0.1, 0.15) is 24.0 Å². The Morgan fingerprint density at radius 2 is 1.95 bits per heavy atom. The first-order chi connectivity index (χ1) is 10.1. The van der Waals surface area contributed by atoms with Gasteiger partial charge in [-0.05, 0) is 24.3 Å². The molecule has 0 radical (unpaired) electrons. The van der Waals surface area contributed by atoms with Gasteiger partial charge in [-0.1, -0.05) is 29.5 Å². The zero-order valence-electron chi connectivity index (χ0n) is 10.8. The second-order valence-electron chi connectivity index (χ2n) is 4.10. The van der Waals surface area contributed by atoms with Gasteiger partial charge >= 0.3 is 0 Å². The lowest BCUT2D eigenvalue weighted by atomic mass is 10.2. The molecule has 0 spiro atoms. The standard InChI is InChI=1S/C16H10Cl2F2O/c17-6-2-3-11-7-12(19)9-13(8-11)21-10-14-15(18)4-1-5-16(14)20/h1,4-5,7-9H,6,10H2. The molecular weight excluding hydrogens is 317 g/mol. The molecule has 0 amide bonds. The predicted molar refractivity (Wildman–Crippen MR) is 79.7 cm³/mol. The topological polar surface area (TPSA) is 9.23 Å². The molecule has 0 aliphatic carbocycles. The van der Waals surface area contributed by atoms with Crippen LogP contribution in [0.1, 0.15) is 11.1 Å². The number of alkyl halides is 1. The Morgan fingerprint density at radius 3 is 2.67 bits per heavy atom. The zero-order chi connectivity index (χ0) is 15.2. The maximum Gasteiger partial charge on any atom is 0.131 e. The van der Waals surface area contributed by atoms with Crippen LogP contribution in [0.25, 0.3) is 0 Å². The largest absolute Gasteiger partial charge is 0.489 e. The number of ether oxygens (including phenoxy) is 1. The van der Waals surface area contributed by atoms with Crippen molar-refractivity contribution in [3.05, 3.63) is 64.2 Å². The van der Waals surface area contributed by atoms with Crippen LogP contribution >= 0.6 is 23.2 Å². The number of rotatable bonds is 3. The molecule has 0 heterocycles. The van der Waals surface area contributed by atoms with Crippen LogP contribution in [-0.4, -0.2) is 5.88 Å². The van der Waals surface area contributed by atoms with Crippen molar-refractivity contribution >= 4 is 23.2 Å². The van der Waals surface area contributed by atoms with E-state index in [9.17, 15) is 8.78 Å². The SMILES string of the molecule is Fc1cc(C#CCCl)cc(OCc2c(F)cccc2Cl)c1. The van der Waals surface area contributed by atoms with Crippen LogP contribution in [0, 0.1) is 23.5 Å². The van der Waals surface area contributed by atoms with Gasteiger partial charge < -0.3 is 4.74 Å². The molecule has 0 aliphatic rings. The van der Waals surface area contributed by atoms with E-state index in [4.69, 9.17) is 27.9 Å². The maximum atomic E-state index is 13.6. The minimum atomic E-state index is -0.494. The molecule has 0 fully saturated rings. The van der Waals surface area contributed by atoms with Gasteiger partial charge in [-0.2, -0.15) is 0 Å². The first-order valence-electron chi connectivity index (χ1n) is 6.01. The van der Waals surface area contributed by atoms with Gasteiger partial charge in [-0.15, -0.1) is 11.6 Å². The van der Waals surface area contributed by atoms with Crippen molar-refractivity contribution in [3.8, 4) is 17.6 Å². The molecule has 1 nitrogen and oxygen atoms in total. The van der Waals surface area contributed by atoms with E-state index in [0.717, 1.165) is 0 Å². The third-order valence-corrected chi connectivity index (χ3v) is 3.10. The van der Waals surface area contributed by atoms with Gasteiger partial charge in [0.25, 0.3) is 0 Å². The number of halogens is 4. The van der Waals surface area contributed by atoms with Gasteiger partial charge in [0.05, 0.1) is 10.9 Å². The third-order valence-electron chi connectivity index (χ3n) is 2.62. The summed E-state index contributed by atoms with van der Waals surface area (Å²) in [6.45, 7) is -0.0999. The lowest BCUT2D eigenvalue weighted by Crippen LogP contribution is -2.00. The van der Waals surface area contributed by atoms with Crippen LogP contribution in [0.5, 0.6) is 5.75 Å². The smallest absolute Gasteiger partial charge is 0.131 e. The average Bonchev–Trinajstić information content (AvgIpc) is 2.44. The Kier molecular flexibility index (Phi) is 5.44. The second-order valence-corrected chi connectivity index (χ2v) is 4.77. The molecule has 0 saturated heterocycles. The molecule has 21 heavy (non-hydrogen) atoms. The Morgan fingerprint density at radius 1 is 1.14 bits per heavy atom. The predicted octanol–water partition coefficient (Wildman–Crippen LogP) is 4.79. The molecule has 0 bridgehead atoms. The van der Waals surface area contributed by atoms with Crippen molar-refractivity contribution in [2.45, 2.75) is 6.61 Å². The molecule has 0 aromatic heterocycles. The first kappa shape index (κ1) is 15.6. The molecular formula is C16H10Cl2F2O. The van der Waals surface area contributed by atoms with Crippen molar-refractivity contribution in [2.24, 2.45) is 0 Å². The van der Waals surface area contributed by atoms with Gasteiger partial charge in [0.15, 0.2) is 0 Å². The number of hydrogen-bond donors (Lipinski definition) is 0. The normalized spacial score (nSPS) is 9.90. The summed E-state index contributed by atoms with van der Waals surface area (Å²) in [6, 6.07) is 8.36. The summed E-state index contributed by atoms with van der Waals surface area (Å²) in [5.74, 6) is 4.75. The van der Waals surface area contributed by atoms with Gasteiger partial charge in [0, 0.05) is 17.2 Å². The van der Waals surface area contributed by atoms with Gasteiger partial charge in [0.2, 0.25) is 0 Å². The Labute approximate surface area is 131 Å². The minimum Gasteiger partial charge on any atom is -0.489 e. The molecule has 108 valence electrons. The van der Waals surface area contributed by atoms with Crippen LogP contribution in [0.3, 0.4) is 0 Å². The van der Waals surface area contributed by atoms with Crippen LogP contribution in [-0.2, 0) is 6.61 Å². The van der Waals surface area contributed by atoms with Gasteiger partial charge in [-0.3, -0.25) is 0 Å². The molecule has 0 atom stereocenters. The summed E-state index contributed by atoms with van der Waals surface area (Å²) < 4.78 is 32.5. The summed E-state index contributed by atoms with van der Waals surface area (Å²) in [4.78, 5) is 0. The number of benzene rings is 2. The van der Waals surface area contributed by atoms with Crippen molar-refractivity contribution in [1.82, 2.24) is 0 Å². The number of hydrogen-bond acceptors (Lipinski definition) is 1. The van der Waals surface area contributed by atoms with Crippen molar-refractivity contribution in [3.63, 3.8) is 0 Å². The monoisotopic (exact) mass is 326 g/mol. The van der Waals surface area contributed by atoms with E-state index >= 15 is 0 Å². The van der Waals surface area contributed by atoms with E-state index in [1.165, 1.54) is 24.3 Å². The second kappa shape index (κ2) is 7.31. The third kappa shape index (κ3) is 4.35. The molecule has 2 aromatic rings. The maximum absolute atomic E-state index is 13.6. The van der Waals surface area contributed by atoms with Crippen LogP contribution in [0.15, 0.2) is 36.4 Å². The fourth-order valence-electron chi connectivity index (χ4n) is 1.68. The molecule has 2 rings (SSSR count). The van der Waals surface area contributed by atoms with Crippen LogP contribution < -0.4 is 4.74 Å². The van der Waals surface area contributed by atoms with E-state index in [2.05, 4.69) is 11.8 Å².